The Hall–Kier alpha value is -6.12. The molecule has 2 saturated heterocycles. The molecule has 5 aliphatic rings. The molecule has 3 fully saturated rings. The first-order chi connectivity index (χ1) is 34.3. The number of carbonyl (C=O) groups is 2. The smallest absolute Gasteiger partial charge is 0.264 e. The maximum atomic E-state index is 14.8. The van der Waals surface area contributed by atoms with Crippen LogP contribution in [-0.2, 0) is 31.2 Å². The SMILES string of the molecule is CC(=O)N1CCc2c(c(N3CCCc4cc(-c5cnn(C)c5)c(C(F)F)cc43)nn2C2CCN(C3[C@H](C)CN(c4ncc(C(=O)NC5C(C)(C)C(Oc6ccc(C#N)c(Cl)c6)C5(C)C)cn4)C[C@@H]3C)CC2)C1. The van der Waals surface area contributed by atoms with Crippen molar-refractivity contribution in [3.63, 3.8) is 0 Å². The average Bonchev–Trinajstić information content (AvgIpc) is 3.97. The Bertz CT molecular complexity index is 2890. The predicted octanol–water partition coefficient (Wildman–Crippen LogP) is 8.94. The minimum absolute atomic E-state index is 0.0152. The van der Waals surface area contributed by atoms with Gasteiger partial charge < -0.3 is 24.8 Å². The number of alkyl halides is 2. The van der Waals surface area contributed by atoms with Crippen LogP contribution in [0.1, 0.15) is 119 Å². The maximum Gasteiger partial charge on any atom is 0.264 e. The van der Waals surface area contributed by atoms with Gasteiger partial charge in [-0.3, -0.25) is 23.9 Å². The second kappa shape index (κ2) is 19.1. The van der Waals surface area contributed by atoms with Crippen LogP contribution in [0.4, 0.5) is 26.2 Å². The molecule has 15 nitrogen and oxygen atoms in total. The fourth-order valence-corrected chi connectivity index (χ4v) is 13.6. The number of hydrogen-bond donors (Lipinski definition) is 1. The van der Waals surface area contributed by atoms with Crippen LogP contribution in [0.2, 0.25) is 5.02 Å². The summed E-state index contributed by atoms with van der Waals surface area (Å²) >= 11 is 6.29. The summed E-state index contributed by atoms with van der Waals surface area (Å²) in [5, 5.41) is 22.5. The fraction of sp³-hybridized carbons (Fsp3) is 0.537. The van der Waals surface area contributed by atoms with Crippen molar-refractivity contribution in [2.75, 3.05) is 49.1 Å². The van der Waals surface area contributed by atoms with E-state index in [1.54, 1.807) is 67.7 Å². The summed E-state index contributed by atoms with van der Waals surface area (Å²) in [4.78, 5) is 44.8. The minimum Gasteiger partial charge on any atom is -0.489 e. The van der Waals surface area contributed by atoms with Gasteiger partial charge in [0.2, 0.25) is 11.9 Å². The van der Waals surface area contributed by atoms with Crippen LogP contribution in [0.25, 0.3) is 11.1 Å². The molecule has 1 N–H and O–H groups in total. The second-order valence-electron chi connectivity index (χ2n) is 22.1. The summed E-state index contributed by atoms with van der Waals surface area (Å²) in [6, 6.07) is 11.1. The van der Waals surface area contributed by atoms with Crippen LogP contribution < -0.4 is 19.9 Å². The highest BCUT2D eigenvalue weighted by Crippen LogP contribution is 2.56. The van der Waals surface area contributed by atoms with E-state index in [1.807, 2.05) is 11.0 Å². The van der Waals surface area contributed by atoms with Gasteiger partial charge in [0, 0.05) is 135 Å². The largest absolute Gasteiger partial charge is 0.489 e. The van der Waals surface area contributed by atoms with E-state index >= 15 is 0 Å². The molecule has 380 valence electrons. The van der Waals surface area contributed by atoms with Crippen molar-refractivity contribution in [3.05, 3.63) is 93.7 Å². The molecule has 0 bridgehead atoms. The predicted molar refractivity (Wildman–Crippen MR) is 272 cm³/mol. The number of aryl methyl sites for hydroxylation is 2. The average molecular weight is 1000 g/mol. The molecule has 4 aliphatic heterocycles. The van der Waals surface area contributed by atoms with Crippen molar-refractivity contribution in [2.45, 2.75) is 118 Å². The molecule has 0 spiro atoms. The Labute approximate surface area is 425 Å². The van der Waals surface area contributed by atoms with Crippen LogP contribution in [0.5, 0.6) is 5.75 Å². The van der Waals surface area contributed by atoms with E-state index in [1.165, 1.54) is 0 Å². The van der Waals surface area contributed by atoms with Gasteiger partial charge in [0.15, 0.2) is 5.82 Å². The fourth-order valence-electron chi connectivity index (χ4n) is 13.3. The summed E-state index contributed by atoms with van der Waals surface area (Å²) in [5.74, 6) is 2.39. The van der Waals surface area contributed by atoms with Crippen molar-refractivity contribution in [2.24, 2.45) is 29.7 Å². The number of rotatable bonds is 10. The van der Waals surface area contributed by atoms with Crippen LogP contribution in [0.15, 0.2) is 55.1 Å². The van der Waals surface area contributed by atoms with Crippen molar-refractivity contribution in [3.8, 4) is 22.9 Å². The van der Waals surface area contributed by atoms with Crippen LogP contribution in [0.3, 0.4) is 0 Å². The van der Waals surface area contributed by atoms with Crippen LogP contribution in [-0.4, -0.2) is 109 Å². The lowest BCUT2D eigenvalue weighted by Gasteiger charge is -2.63. The van der Waals surface area contributed by atoms with Gasteiger partial charge >= 0.3 is 0 Å². The van der Waals surface area contributed by atoms with Gasteiger partial charge in [-0.1, -0.05) is 53.1 Å². The lowest BCUT2D eigenvalue weighted by molar-refractivity contribution is -0.164. The van der Waals surface area contributed by atoms with E-state index in [0.717, 1.165) is 80.2 Å². The third kappa shape index (κ3) is 8.86. The molecule has 5 aromatic rings. The molecule has 18 heteroatoms. The van der Waals surface area contributed by atoms with Gasteiger partial charge in [-0.15, -0.1) is 0 Å². The number of ether oxygens (including phenoxy) is 1. The number of amides is 2. The molecule has 2 amide bonds. The Kier molecular flexibility index (Phi) is 13.1. The van der Waals surface area contributed by atoms with Crippen molar-refractivity contribution < 1.29 is 23.1 Å². The number of aromatic nitrogens is 6. The van der Waals surface area contributed by atoms with Crippen molar-refractivity contribution >= 4 is 40.9 Å². The Morgan fingerprint density at radius 1 is 0.958 bits per heavy atom. The number of nitrogens with one attached hydrogen (secondary N) is 1. The number of piperidine rings is 2. The Balaban J connectivity index is 0.792. The molecule has 1 aliphatic carbocycles. The Morgan fingerprint density at radius 2 is 1.67 bits per heavy atom. The summed E-state index contributed by atoms with van der Waals surface area (Å²) in [5.41, 5.74) is 5.06. The van der Waals surface area contributed by atoms with E-state index in [-0.39, 0.29) is 35.6 Å². The Morgan fingerprint density at radius 3 is 2.29 bits per heavy atom. The highest BCUT2D eigenvalue weighted by Gasteiger charge is 2.64. The summed E-state index contributed by atoms with van der Waals surface area (Å²) in [6.45, 7) is 19.6. The molecular weight excluding hydrogens is 938 g/mol. The summed E-state index contributed by atoms with van der Waals surface area (Å²) < 4.78 is 40.0. The first-order valence-corrected chi connectivity index (χ1v) is 25.8. The van der Waals surface area contributed by atoms with Crippen LogP contribution in [0, 0.1) is 34.0 Å². The molecule has 1 saturated carbocycles. The zero-order chi connectivity index (χ0) is 51.0. The molecule has 2 aromatic carbocycles. The zero-order valence-corrected chi connectivity index (χ0v) is 43.3. The van der Waals surface area contributed by atoms with Gasteiger partial charge in [0.05, 0.1) is 34.9 Å². The topological polar surface area (TPSA) is 154 Å². The second-order valence-corrected chi connectivity index (χ2v) is 22.5. The van der Waals surface area contributed by atoms with Crippen molar-refractivity contribution in [1.29, 1.82) is 5.26 Å². The lowest BCUT2D eigenvalue weighted by Crippen LogP contribution is -2.74. The number of hydrogen-bond acceptors (Lipinski definition) is 11. The highest BCUT2D eigenvalue weighted by molar-refractivity contribution is 6.31. The number of nitrogens with zero attached hydrogens (tertiary/aromatic N) is 11. The minimum atomic E-state index is -2.67. The van der Waals surface area contributed by atoms with Gasteiger partial charge in [-0.2, -0.15) is 15.5 Å². The lowest BCUT2D eigenvalue weighted by atomic mass is 9.49. The van der Waals surface area contributed by atoms with Gasteiger partial charge in [-0.25, -0.2) is 18.7 Å². The molecule has 3 atom stereocenters. The summed E-state index contributed by atoms with van der Waals surface area (Å²) in [6.07, 6.45) is 7.93. The highest BCUT2D eigenvalue weighted by atomic mass is 35.5. The molecule has 72 heavy (non-hydrogen) atoms. The monoisotopic (exact) mass is 1000 g/mol. The maximum absolute atomic E-state index is 14.8. The number of nitriles is 1. The third-order valence-corrected chi connectivity index (χ3v) is 16.8. The quantitative estimate of drug-likeness (QED) is 0.143. The van der Waals surface area contributed by atoms with Gasteiger partial charge in [-0.05, 0) is 72.9 Å². The molecular formula is C54H65ClF2N12O3. The van der Waals surface area contributed by atoms with Crippen molar-refractivity contribution in [1.82, 2.24) is 44.6 Å². The van der Waals surface area contributed by atoms with E-state index in [0.29, 0.717) is 82.9 Å². The normalized spacial score (nSPS) is 24.0. The number of anilines is 3. The van der Waals surface area contributed by atoms with E-state index in [9.17, 15) is 23.6 Å². The van der Waals surface area contributed by atoms with Crippen LogP contribution >= 0.6 is 11.6 Å². The zero-order valence-electron chi connectivity index (χ0n) is 42.5. The number of carbonyl (C=O) groups excluding carboxylic acids is 2. The number of fused-ring (bicyclic) bond motifs is 2. The molecule has 10 rings (SSSR count). The molecule has 7 heterocycles. The molecule has 3 aromatic heterocycles. The van der Waals surface area contributed by atoms with Gasteiger partial charge in [0.25, 0.3) is 12.3 Å². The van der Waals surface area contributed by atoms with E-state index in [2.05, 4.69) is 77.4 Å². The van der Waals surface area contributed by atoms with E-state index in [4.69, 9.17) is 31.4 Å². The summed E-state index contributed by atoms with van der Waals surface area (Å²) in [7, 11) is 1.79. The number of halogens is 3. The first kappa shape index (κ1) is 49.5. The standard InChI is InChI=1S/C54H65ClF2N12O3/c1-31-27-67(52-59-24-36(25-60-52)49(71)62-50-53(4,5)51(54(50,6)7)72-39-12-11-35(23-58)43(55)21-39)28-32(2)46(31)65-17-13-38(14-18-65)69-44-15-19-66(33(3)70)30-42(44)48(63-69)68-16-9-10-34-20-40(37-26-61-64(8)29-37)41(47(56)57)22-45(34)68/h11-12,20-22,24-26,29,31-32,38,46-47,50-51H,9-10,13-19,27-28,30H2,1-8H3,(H,62,71)/t31-,32+,46?,50?,51?. The first-order valence-electron chi connectivity index (χ1n) is 25.4. The van der Waals surface area contributed by atoms with E-state index < -0.39 is 17.3 Å². The molecule has 1 unspecified atom stereocenters. The van der Waals surface area contributed by atoms with Gasteiger partial charge in [0.1, 0.15) is 17.9 Å². The number of benzene rings is 2. The number of likely N-dealkylation sites (tertiary alicyclic amines) is 1. The molecule has 0 radical (unpaired) electrons. The third-order valence-electron chi connectivity index (χ3n) is 16.4.